The Morgan fingerprint density at radius 3 is 2.34 bits per heavy atom. The molecule has 1 aromatic rings. The molecule has 0 bridgehead atoms. The first-order valence-corrected chi connectivity index (χ1v) is 9.99. The number of carbonyl (C=O) groups is 1. The summed E-state index contributed by atoms with van der Waals surface area (Å²) in [4.78, 5) is 20.3. The smallest absolute Gasteiger partial charge is 0.433 e. The fourth-order valence-corrected chi connectivity index (χ4v) is 3.59. The standard InChI is InChI=1S/C21H18F8N4O2/c1-35-18-13(3-2-5-31-18)12-4-6-30-9-14(12)33(10-17(22)23)19(34)11-7-15(20(24,25)26)32-16(8-11)21(27,28)29/h2,4-8,13,17,30H,3,9-10H2,1H3. The zero-order valence-corrected chi connectivity index (χ0v) is 17.9. The molecule has 1 unspecified atom stereocenters. The summed E-state index contributed by atoms with van der Waals surface area (Å²) in [7, 11) is 1.33. The number of pyridine rings is 1. The number of methoxy groups -OCH3 is 1. The van der Waals surface area contributed by atoms with Crippen molar-refractivity contribution in [2.75, 3.05) is 20.2 Å². The van der Waals surface area contributed by atoms with Crippen molar-refractivity contribution in [3.05, 3.63) is 64.9 Å². The Kier molecular flexibility index (Phi) is 7.50. The first kappa shape index (κ1) is 26.2. The number of ether oxygens (including phenoxy) is 1. The molecule has 0 spiro atoms. The Hall–Kier alpha value is -3.45. The maximum absolute atomic E-state index is 13.5. The lowest BCUT2D eigenvalue weighted by molar-refractivity contribution is -0.150. The molecule has 1 N–H and O–H groups in total. The van der Waals surface area contributed by atoms with Crippen LogP contribution in [0.1, 0.15) is 28.2 Å². The van der Waals surface area contributed by atoms with Crippen molar-refractivity contribution in [2.45, 2.75) is 25.2 Å². The highest BCUT2D eigenvalue weighted by atomic mass is 19.4. The van der Waals surface area contributed by atoms with Gasteiger partial charge in [-0.25, -0.2) is 18.8 Å². The number of hydrogen-bond donors (Lipinski definition) is 1. The van der Waals surface area contributed by atoms with Crippen LogP contribution in [0.5, 0.6) is 0 Å². The average Bonchev–Trinajstić information content (AvgIpc) is 2.80. The summed E-state index contributed by atoms with van der Waals surface area (Å²) in [6.45, 7) is -1.48. The summed E-state index contributed by atoms with van der Waals surface area (Å²) < 4.78 is 111. The van der Waals surface area contributed by atoms with Crippen LogP contribution < -0.4 is 5.32 Å². The van der Waals surface area contributed by atoms with E-state index in [-0.39, 0.29) is 30.3 Å². The van der Waals surface area contributed by atoms with E-state index in [1.165, 1.54) is 25.6 Å². The number of nitrogens with one attached hydrogen (secondary N) is 1. The van der Waals surface area contributed by atoms with Gasteiger partial charge >= 0.3 is 12.4 Å². The van der Waals surface area contributed by atoms with Crippen molar-refractivity contribution in [3.63, 3.8) is 0 Å². The van der Waals surface area contributed by atoms with Crippen molar-refractivity contribution in [2.24, 2.45) is 10.9 Å². The molecule has 6 nitrogen and oxygen atoms in total. The molecule has 35 heavy (non-hydrogen) atoms. The number of hydrogen-bond acceptors (Lipinski definition) is 5. The van der Waals surface area contributed by atoms with Gasteiger partial charge in [-0.15, -0.1) is 0 Å². The first-order valence-electron chi connectivity index (χ1n) is 9.99. The number of dihydropyridines is 1. The minimum absolute atomic E-state index is 0.0678. The van der Waals surface area contributed by atoms with Gasteiger partial charge in [-0.05, 0) is 36.4 Å². The summed E-state index contributed by atoms with van der Waals surface area (Å²) >= 11 is 0. The highest BCUT2D eigenvalue weighted by Crippen LogP contribution is 2.35. The van der Waals surface area contributed by atoms with E-state index in [9.17, 15) is 39.9 Å². The van der Waals surface area contributed by atoms with Gasteiger partial charge < -0.3 is 15.0 Å². The van der Waals surface area contributed by atoms with Gasteiger partial charge in [0.1, 0.15) is 11.4 Å². The molecule has 1 atom stereocenters. The number of aromatic nitrogens is 1. The highest BCUT2D eigenvalue weighted by Gasteiger charge is 2.40. The van der Waals surface area contributed by atoms with Crippen LogP contribution >= 0.6 is 0 Å². The molecule has 0 fully saturated rings. The first-order chi connectivity index (χ1) is 16.3. The van der Waals surface area contributed by atoms with E-state index in [0.717, 1.165) is 0 Å². The van der Waals surface area contributed by atoms with Crippen molar-refractivity contribution in [1.82, 2.24) is 15.2 Å². The van der Waals surface area contributed by atoms with E-state index < -0.39 is 54.1 Å². The van der Waals surface area contributed by atoms with Crippen LogP contribution in [-0.4, -0.2) is 48.3 Å². The number of nitrogens with zero attached hydrogens (tertiary/aromatic N) is 3. The fourth-order valence-electron chi connectivity index (χ4n) is 3.59. The lowest BCUT2D eigenvalue weighted by Crippen LogP contribution is -2.41. The number of amides is 1. The number of halogens is 8. The Labute approximate surface area is 193 Å². The van der Waals surface area contributed by atoms with Gasteiger partial charge in [0.2, 0.25) is 0 Å². The van der Waals surface area contributed by atoms with Crippen LogP contribution in [0.3, 0.4) is 0 Å². The monoisotopic (exact) mass is 510 g/mol. The third-order valence-corrected chi connectivity index (χ3v) is 5.09. The summed E-state index contributed by atoms with van der Waals surface area (Å²) in [5.74, 6) is -1.91. The predicted molar refractivity (Wildman–Crippen MR) is 107 cm³/mol. The van der Waals surface area contributed by atoms with Crippen molar-refractivity contribution < 1.29 is 44.7 Å². The molecule has 2 aliphatic heterocycles. The van der Waals surface area contributed by atoms with Gasteiger partial charge in [0, 0.05) is 17.5 Å². The second-order valence-electron chi connectivity index (χ2n) is 7.39. The Morgan fingerprint density at radius 2 is 1.80 bits per heavy atom. The van der Waals surface area contributed by atoms with Crippen molar-refractivity contribution >= 4 is 11.8 Å². The predicted octanol–water partition coefficient (Wildman–Crippen LogP) is 4.78. The van der Waals surface area contributed by atoms with Crippen molar-refractivity contribution in [3.8, 4) is 0 Å². The molecule has 1 amide bonds. The second kappa shape index (κ2) is 10.0. The molecule has 0 radical (unpaired) electrons. The maximum Gasteiger partial charge on any atom is 0.433 e. The lowest BCUT2D eigenvalue weighted by Gasteiger charge is -2.32. The number of aliphatic imine (C=N–C) groups is 1. The number of rotatable bonds is 5. The molecule has 2 aliphatic rings. The molecule has 0 aliphatic carbocycles. The number of alkyl halides is 8. The SMILES string of the molecule is COC1=NC=CCC1C1=C(N(CC(F)F)C(=O)c2cc(C(F)(F)F)nc(C(F)(F)F)c2)CNC=C1. The average molecular weight is 510 g/mol. The van der Waals surface area contributed by atoms with Crippen LogP contribution in [0.4, 0.5) is 35.1 Å². The molecule has 0 aromatic carbocycles. The van der Waals surface area contributed by atoms with E-state index in [1.54, 1.807) is 6.08 Å². The number of allylic oxidation sites excluding steroid dienone is 2. The summed E-state index contributed by atoms with van der Waals surface area (Å²) in [5.41, 5.74) is -4.82. The molecule has 3 rings (SSSR count). The minimum atomic E-state index is -5.32. The topological polar surface area (TPSA) is 66.8 Å². The van der Waals surface area contributed by atoms with Gasteiger partial charge in [0.25, 0.3) is 12.3 Å². The Morgan fingerprint density at radius 1 is 1.17 bits per heavy atom. The molecular weight excluding hydrogens is 492 g/mol. The fraction of sp³-hybridized carbons (Fsp3) is 0.381. The molecule has 0 saturated carbocycles. The lowest BCUT2D eigenvalue weighted by atomic mass is 9.90. The van der Waals surface area contributed by atoms with Crippen LogP contribution in [0.15, 0.2) is 52.9 Å². The largest absolute Gasteiger partial charge is 0.484 e. The van der Waals surface area contributed by atoms with Crippen LogP contribution in [-0.2, 0) is 17.1 Å². The van der Waals surface area contributed by atoms with Gasteiger partial charge in [0.15, 0.2) is 5.90 Å². The normalized spacial score (nSPS) is 18.5. The molecule has 1 aromatic heterocycles. The maximum atomic E-state index is 13.5. The van der Waals surface area contributed by atoms with Crippen LogP contribution in [0, 0.1) is 5.92 Å². The quantitative estimate of drug-likeness (QED) is 0.580. The molecule has 0 saturated heterocycles. The van der Waals surface area contributed by atoms with E-state index in [2.05, 4.69) is 15.3 Å². The van der Waals surface area contributed by atoms with E-state index in [4.69, 9.17) is 4.74 Å². The molecule has 14 heteroatoms. The van der Waals surface area contributed by atoms with E-state index in [0.29, 0.717) is 16.9 Å². The third kappa shape index (κ3) is 5.98. The van der Waals surface area contributed by atoms with Gasteiger partial charge in [0.05, 0.1) is 26.1 Å². The Balaban J connectivity index is 2.15. The molecule has 190 valence electrons. The zero-order valence-electron chi connectivity index (χ0n) is 17.9. The van der Waals surface area contributed by atoms with E-state index in [1.807, 2.05) is 0 Å². The number of carbonyl (C=O) groups excluding carboxylic acids is 1. The summed E-state index contributed by atoms with van der Waals surface area (Å²) in [5, 5.41) is 2.72. The van der Waals surface area contributed by atoms with E-state index >= 15 is 0 Å². The van der Waals surface area contributed by atoms with Crippen LogP contribution in [0.25, 0.3) is 0 Å². The molecular formula is C21H18F8N4O2. The minimum Gasteiger partial charge on any atom is -0.484 e. The molecule has 3 heterocycles. The summed E-state index contributed by atoms with van der Waals surface area (Å²) in [6, 6.07) is 0.210. The van der Waals surface area contributed by atoms with Gasteiger partial charge in [-0.1, -0.05) is 6.08 Å². The highest BCUT2D eigenvalue weighted by molar-refractivity contribution is 5.96. The van der Waals surface area contributed by atoms with Crippen LogP contribution in [0.2, 0.25) is 0 Å². The second-order valence-corrected chi connectivity index (χ2v) is 7.39. The zero-order chi connectivity index (χ0) is 26.0. The summed E-state index contributed by atoms with van der Waals surface area (Å²) in [6.07, 6.45) is -7.45. The Bertz CT molecular complexity index is 1060. The van der Waals surface area contributed by atoms with Gasteiger partial charge in [-0.2, -0.15) is 26.3 Å². The third-order valence-electron chi connectivity index (χ3n) is 5.09. The van der Waals surface area contributed by atoms with Crippen molar-refractivity contribution in [1.29, 1.82) is 0 Å². The van der Waals surface area contributed by atoms with Gasteiger partial charge in [-0.3, -0.25) is 4.79 Å².